The van der Waals surface area contributed by atoms with Crippen LogP contribution in [0.25, 0.3) is 0 Å². The van der Waals surface area contributed by atoms with Crippen LogP contribution in [0.2, 0.25) is 0 Å². The smallest absolute Gasteiger partial charge is 0.144 e. The van der Waals surface area contributed by atoms with Crippen LogP contribution in [0.15, 0.2) is 24.8 Å². The van der Waals surface area contributed by atoms with Crippen molar-refractivity contribution in [2.45, 2.75) is 13.5 Å². The quantitative estimate of drug-likeness (QED) is 0.812. The van der Waals surface area contributed by atoms with Crippen molar-refractivity contribution in [2.75, 3.05) is 5.32 Å². The van der Waals surface area contributed by atoms with Crippen LogP contribution in [0, 0.1) is 6.92 Å². The van der Waals surface area contributed by atoms with E-state index in [2.05, 4.69) is 20.4 Å². The zero-order valence-corrected chi connectivity index (χ0v) is 8.81. The Hall–Kier alpha value is -1.91. The van der Waals surface area contributed by atoms with Gasteiger partial charge in [0.2, 0.25) is 0 Å². The summed E-state index contributed by atoms with van der Waals surface area (Å²) < 4.78 is 1.85. The second kappa shape index (κ2) is 4.08. The number of aromatic nitrogens is 4. The standard InChI is InChI=1S/C10H13N5/c1-8-9(6-14-15(8)2)5-13-10-7-11-3-4-12-10/h3-4,6-7H,5H2,1-2H3,(H,12,13). The predicted octanol–water partition coefficient (Wildman–Crippen LogP) is 1.13. The molecule has 0 spiro atoms. The lowest BCUT2D eigenvalue weighted by molar-refractivity contribution is 0.738. The molecule has 0 bridgehead atoms. The highest BCUT2D eigenvalue weighted by molar-refractivity contribution is 5.32. The van der Waals surface area contributed by atoms with Crippen molar-refractivity contribution in [3.05, 3.63) is 36.0 Å². The van der Waals surface area contributed by atoms with Gasteiger partial charge in [-0.25, -0.2) is 4.98 Å². The van der Waals surface area contributed by atoms with E-state index in [0.717, 1.165) is 18.1 Å². The van der Waals surface area contributed by atoms with E-state index in [9.17, 15) is 0 Å². The number of aryl methyl sites for hydroxylation is 1. The Morgan fingerprint density at radius 1 is 1.33 bits per heavy atom. The molecule has 0 aliphatic carbocycles. The first kappa shape index (κ1) is 9.64. The Morgan fingerprint density at radius 3 is 2.80 bits per heavy atom. The van der Waals surface area contributed by atoms with Crippen LogP contribution in [0.3, 0.4) is 0 Å². The molecule has 0 aliphatic rings. The fraction of sp³-hybridized carbons (Fsp3) is 0.300. The molecule has 2 aromatic heterocycles. The monoisotopic (exact) mass is 203 g/mol. The number of nitrogens with one attached hydrogen (secondary N) is 1. The molecule has 0 saturated carbocycles. The molecule has 0 amide bonds. The van der Waals surface area contributed by atoms with Crippen molar-refractivity contribution in [2.24, 2.45) is 7.05 Å². The van der Waals surface area contributed by atoms with Crippen molar-refractivity contribution in [3.63, 3.8) is 0 Å². The number of hydrogen-bond donors (Lipinski definition) is 1. The highest BCUT2D eigenvalue weighted by Gasteiger charge is 2.02. The number of hydrogen-bond acceptors (Lipinski definition) is 4. The Labute approximate surface area is 88.2 Å². The molecular weight excluding hydrogens is 190 g/mol. The van der Waals surface area contributed by atoms with Gasteiger partial charge in [0.1, 0.15) is 5.82 Å². The van der Waals surface area contributed by atoms with Crippen LogP contribution >= 0.6 is 0 Å². The van der Waals surface area contributed by atoms with Crippen LogP contribution in [-0.4, -0.2) is 19.7 Å². The van der Waals surface area contributed by atoms with E-state index in [4.69, 9.17) is 0 Å². The normalized spacial score (nSPS) is 10.3. The highest BCUT2D eigenvalue weighted by atomic mass is 15.3. The third-order valence-electron chi connectivity index (χ3n) is 2.36. The lowest BCUT2D eigenvalue weighted by Gasteiger charge is -2.03. The fourth-order valence-corrected chi connectivity index (χ4v) is 1.29. The molecule has 2 aromatic rings. The van der Waals surface area contributed by atoms with Crippen molar-refractivity contribution >= 4 is 5.82 Å². The molecule has 78 valence electrons. The third kappa shape index (κ3) is 2.12. The van der Waals surface area contributed by atoms with Gasteiger partial charge in [-0.15, -0.1) is 0 Å². The van der Waals surface area contributed by atoms with E-state index in [0.29, 0.717) is 0 Å². The molecular formula is C10H13N5. The van der Waals surface area contributed by atoms with E-state index in [1.54, 1.807) is 18.6 Å². The third-order valence-corrected chi connectivity index (χ3v) is 2.36. The van der Waals surface area contributed by atoms with Gasteiger partial charge in [-0.2, -0.15) is 5.10 Å². The number of rotatable bonds is 3. The van der Waals surface area contributed by atoms with Crippen molar-refractivity contribution in [1.82, 2.24) is 19.7 Å². The summed E-state index contributed by atoms with van der Waals surface area (Å²) in [6.45, 7) is 2.76. The maximum Gasteiger partial charge on any atom is 0.144 e. The summed E-state index contributed by atoms with van der Waals surface area (Å²) in [5, 5.41) is 7.36. The molecule has 0 unspecified atom stereocenters. The number of nitrogens with zero attached hydrogens (tertiary/aromatic N) is 4. The molecule has 0 atom stereocenters. The van der Waals surface area contributed by atoms with Gasteiger partial charge >= 0.3 is 0 Å². The van der Waals surface area contributed by atoms with E-state index in [1.165, 1.54) is 5.56 Å². The van der Waals surface area contributed by atoms with Gasteiger partial charge in [0.15, 0.2) is 0 Å². The lowest BCUT2D eigenvalue weighted by atomic mass is 10.2. The van der Waals surface area contributed by atoms with Crippen LogP contribution in [0.4, 0.5) is 5.82 Å². The topological polar surface area (TPSA) is 55.6 Å². The Bertz CT molecular complexity index is 434. The van der Waals surface area contributed by atoms with Gasteiger partial charge in [0.05, 0.1) is 12.4 Å². The summed E-state index contributed by atoms with van der Waals surface area (Å²) in [6, 6.07) is 0. The molecule has 15 heavy (non-hydrogen) atoms. The van der Waals surface area contributed by atoms with Gasteiger partial charge in [0, 0.05) is 37.2 Å². The molecule has 5 heteroatoms. The Balaban J connectivity index is 2.02. The number of anilines is 1. The van der Waals surface area contributed by atoms with Gasteiger partial charge in [0.25, 0.3) is 0 Å². The first-order chi connectivity index (χ1) is 7.27. The molecule has 0 saturated heterocycles. The van der Waals surface area contributed by atoms with Crippen LogP contribution < -0.4 is 5.32 Å². The molecule has 2 heterocycles. The van der Waals surface area contributed by atoms with Crippen molar-refractivity contribution in [1.29, 1.82) is 0 Å². The largest absolute Gasteiger partial charge is 0.365 e. The van der Waals surface area contributed by atoms with E-state index in [-0.39, 0.29) is 0 Å². The van der Waals surface area contributed by atoms with E-state index in [1.807, 2.05) is 24.9 Å². The predicted molar refractivity (Wildman–Crippen MR) is 57.3 cm³/mol. The summed E-state index contributed by atoms with van der Waals surface area (Å²) in [5.74, 6) is 0.778. The van der Waals surface area contributed by atoms with E-state index < -0.39 is 0 Å². The minimum Gasteiger partial charge on any atom is -0.365 e. The fourth-order valence-electron chi connectivity index (χ4n) is 1.29. The first-order valence-electron chi connectivity index (χ1n) is 4.75. The SMILES string of the molecule is Cc1c(CNc2cnccn2)cnn1C. The maximum absolute atomic E-state index is 4.17. The Morgan fingerprint density at radius 2 is 2.20 bits per heavy atom. The first-order valence-corrected chi connectivity index (χ1v) is 4.75. The zero-order chi connectivity index (χ0) is 10.7. The molecule has 0 aliphatic heterocycles. The van der Waals surface area contributed by atoms with Gasteiger partial charge in [-0.3, -0.25) is 9.67 Å². The second-order valence-corrected chi connectivity index (χ2v) is 3.32. The Kier molecular flexibility index (Phi) is 2.62. The summed E-state index contributed by atoms with van der Waals surface area (Å²) >= 11 is 0. The molecule has 2 rings (SSSR count). The summed E-state index contributed by atoms with van der Waals surface area (Å²) in [7, 11) is 1.93. The molecule has 5 nitrogen and oxygen atoms in total. The van der Waals surface area contributed by atoms with Crippen molar-refractivity contribution in [3.8, 4) is 0 Å². The zero-order valence-electron chi connectivity index (χ0n) is 8.81. The highest BCUT2D eigenvalue weighted by Crippen LogP contribution is 2.07. The summed E-state index contributed by atoms with van der Waals surface area (Å²) in [6.07, 6.45) is 6.88. The van der Waals surface area contributed by atoms with Gasteiger partial charge < -0.3 is 5.32 Å². The summed E-state index contributed by atoms with van der Waals surface area (Å²) in [4.78, 5) is 8.11. The van der Waals surface area contributed by atoms with Gasteiger partial charge in [-0.1, -0.05) is 0 Å². The molecule has 1 N–H and O–H groups in total. The van der Waals surface area contributed by atoms with E-state index >= 15 is 0 Å². The lowest BCUT2D eigenvalue weighted by Crippen LogP contribution is -2.02. The summed E-state index contributed by atoms with van der Waals surface area (Å²) in [5.41, 5.74) is 2.33. The molecule has 0 aromatic carbocycles. The molecule has 0 fully saturated rings. The minimum absolute atomic E-state index is 0.721. The van der Waals surface area contributed by atoms with Crippen molar-refractivity contribution < 1.29 is 0 Å². The second-order valence-electron chi connectivity index (χ2n) is 3.32. The average molecular weight is 203 g/mol. The average Bonchev–Trinajstić information content (AvgIpc) is 2.59. The van der Waals surface area contributed by atoms with Crippen LogP contribution in [-0.2, 0) is 13.6 Å². The maximum atomic E-state index is 4.17. The van der Waals surface area contributed by atoms with Crippen LogP contribution in [0.5, 0.6) is 0 Å². The minimum atomic E-state index is 0.721. The van der Waals surface area contributed by atoms with Crippen LogP contribution in [0.1, 0.15) is 11.3 Å². The van der Waals surface area contributed by atoms with Gasteiger partial charge in [-0.05, 0) is 6.92 Å². The molecule has 0 radical (unpaired) electrons.